The SMILES string of the molecule is Cc1cccc(Nc2ncnc(Nc3cc(C(F)(F)F)ccc3Cl)c2N)c1. The van der Waals surface area contributed by atoms with Gasteiger partial charge in [0.05, 0.1) is 16.3 Å². The van der Waals surface area contributed by atoms with Crippen molar-refractivity contribution in [3.8, 4) is 0 Å². The Morgan fingerprint density at radius 2 is 1.70 bits per heavy atom. The van der Waals surface area contributed by atoms with Crippen LogP contribution in [0.1, 0.15) is 11.1 Å². The first kappa shape index (κ1) is 18.8. The van der Waals surface area contributed by atoms with Gasteiger partial charge in [0, 0.05) is 5.69 Å². The number of nitrogens with two attached hydrogens (primary N) is 1. The van der Waals surface area contributed by atoms with Crippen molar-refractivity contribution < 1.29 is 13.2 Å². The van der Waals surface area contributed by atoms with Crippen molar-refractivity contribution in [2.45, 2.75) is 13.1 Å². The van der Waals surface area contributed by atoms with Crippen LogP contribution >= 0.6 is 11.6 Å². The van der Waals surface area contributed by atoms with Gasteiger partial charge in [-0.2, -0.15) is 13.2 Å². The number of nitrogens with zero attached hydrogens (tertiary/aromatic N) is 2. The van der Waals surface area contributed by atoms with E-state index >= 15 is 0 Å². The van der Waals surface area contributed by atoms with Gasteiger partial charge in [0.25, 0.3) is 0 Å². The summed E-state index contributed by atoms with van der Waals surface area (Å²) in [5.41, 5.74) is 7.24. The number of nitrogen functional groups attached to an aromatic ring is 1. The standard InChI is InChI=1S/C18H15ClF3N5/c1-10-3-2-4-12(7-10)26-16-15(23)17(25-9-24-16)27-14-8-11(18(20,21)22)5-6-13(14)19/h2-9H,23H2,1H3,(H2,24,25,26,27). The molecule has 140 valence electrons. The summed E-state index contributed by atoms with van der Waals surface area (Å²) in [6.45, 7) is 1.94. The molecule has 0 amide bonds. The normalized spacial score (nSPS) is 11.3. The Bertz CT molecular complexity index is 975. The zero-order valence-electron chi connectivity index (χ0n) is 14.1. The highest BCUT2D eigenvalue weighted by molar-refractivity contribution is 6.33. The van der Waals surface area contributed by atoms with Crippen LogP contribution in [-0.4, -0.2) is 9.97 Å². The molecule has 0 radical (unpaired) electrons. The van der Waals surface area contributed by atoms with Crippen LogP contribution in [0.2, 0.25) is 5.02 Å². The molecular weight excluding hydrogens is 379 g/mol. The third kappa shape index (κ3) is 4.40. The molecule has 3 aromatic rings. The maximum Gasteiger partial charge on any atom is 0.416 e. The number of nitrogens with one attached hydrogen (secondary N) is 2. The number of anilines is 5. The summed E-state index contributed by atoms with van der Waals surface area (Å²) >= 11 is 6.01. The largest absolute Gasteiger partial charge is 0.416 e. The number of aromatic nitrogens is 2. The molecule has 0 spiro atoms. The van der Waals surface area contributed by atoms with Crippen molar-refractivity contribution in [3.63, 3.8) is 0 Å². The number of benzene rings is 2. The molecule has 0 aliphatic rings. The molecule has 27 heavy (non-hydrogen) atoms. The van der Waals surface area contributed by atoms with Crippen molar-refractivity contribution in [1.82, 2.24) is 9.97 Å². The molecule has 0 saturated carbocycles. The summed E-state index contributed by atoms with van der Waals surface area (Å²) in [6, 6.07) is 10.5. The van der Waals surface area contributed by atoms with Gasteiger partial charge in [0.2, 0.25) is 0 Å². The highest BCUT2D eigenvalue weighted by Crippen LogP contribution is 2.36. The minimum absolute atomic E-state index is 0.0402. The topological polar surface area (TPSA) is 75.9 Å². The second-order valence-electron chi connectivity index (χ2n) is 5.80. The molecule has 0 bridgehead atoms. The number of hydrogen-bond donors (Lipinski definition) is 3. The van der Waals surface area contributed by atoms with Gasteiger partial charge in [-0.15, -0.1) is 0 Å². The molecular formula is C18H15ClF3N5. The van der Waals surface area contributed by atoms with Crippen LogP contribution in [0, 0.1) is 6.92 Å². The predicted octanol–water partition coefficient (Wildman–Crippen LogP) is 5.53. The van der Waals surface area contributed by atoms with Gasteiger partial charge in [-0.3, -0.25) is 0 Å². The summed E-state index contributed by atoms with van der Waals surface area (Å²) in [6.07, 6.45) is -3.24. The molecule has 0 aliphatic carbocycles. The maximum absolute atomic E-state index is 12.9. The Labute approximate surface area is 158 Å². The zero-order valence-corrected chi connectivity index (χ0v) is 14.9. The van der Waals surface area contributed by atoms with Crippen LogP contribution in [0.5, 0.6) is 0 Å². The van der Waals surface area contributed by atoms with Gasteiger partial charge in [-0.1, -0.05) is 23.7 Å². The van der Waals surface area contributed by atoms with Crippen molar-refractivity contribution in [1.29, 1.82) is 0 Å². The Hall–Kier alpha value is -3.00. The van der Waals surface area contributed by atoms with Crippen molar-refractivity contribution >= 4 is 40.3 Å². The molecule has 9 heteroatoms. The van der Waals surface area contributed by atoms with E-state index in [2.05, 4.69) is 20.6 Å². The average Bonchev–Trinajstić information content (AvgIpc) is 2.59. The van der Waals surface area contributed by atoms with Gasteiger partial charge < -0.3 is 16.4 Å². The van der Waals surface area contributed by atoms with Crippen LogP contribution in [0.3, 0.4) is 0 Å². The summed E-state index contributed by atoms with van der Waals surface area (Å²) < 4.78 is 38.8. The van der Waals surface area contributed by atoms with E-state index in [0.29, 0.717) is 5.82 Å². The minimum atomic E-state index is -4.49. The molecule has 2 aromatic carbocycles. The fraction of sp³-hybridized carbons (Fsp3) is 0.111. The third-order valence-electron chi connectivity index (χ3n) is 3.71. The zero-order chi connectivity index (χ0) is 19.6. The van der Waals surface area contributed by atoms with Gasteiger partial charge >= 0.3 is 6.18 Å². The molecule has 0 saturated heterocycles. The monoisotopic (exact) mass is 393 g/mol. The summed E-state index contributed by atoms with van der Waals surface area (Å²) in [5, 5.41) is 5.91. The van der Waals surface area contributed by atoms with E-state index in [1.165, 1.54) is 6.33 Å². The van der Waals surface area contributed by atoms with Crippen molar-refractivity contribution in [2.75, 3.05) is 16.4 Å². The number of halogens is 4. The second-order valence-corrected chi connectivity index (χ2v) is 6.20. The number of alkyl halides is 3. The smallest absolute Gasteiger partial charge is 0.393 e. The minimum Gasteiger partial charge on any atom is -0.393 e. The maximum atomic E-state index is 12.9. The van der Waals surface area contributed by atoms with E-state index in [-0.39, 0.29) is 22.2 Å². The average molecular weight is 394 g/mol. The van der Waals surface area contributed by atoms with E-state index < -0.39 is 11.7 Å². The van der Waals surface area contributed by atoms with Crippen LogP contribution in [0.4, 0.5) is 41.9 Å². The second kappa shape index (κ2) is 7.32. The third-order valence-corrected chi connectivity index (χ3v) is 4.04. The van der Waals surface area contributed by atoms with Crippen LogP contribution < -0.4 is 16.4 Å². The molecule has 0 aliphatic heterocycles. The first-order chi connectivity index (χ1) is 12.7. The van der Waals surface area contributed by atoms with Crippen LogP contribution in [0.25, 0.3) is 0 Å². The van der Waals surface area contributed by atoms with Crippen LogP contribution in [-0.2, 0) is 6.18 Å². The Morgan fingerprint density at radius 1 is 1.00 bits per heavy atom. The van der Waals surface area contributed by atoms with E-state index in [0.717, 1.165) is 29.4 Å². The van der Waals surface area contributed by atoms with Gasteiger partial charge in [0.1, 0.15) is 12.0 Å². The van der Waals surface area contributed by atoms with Gasteiger partial charge in [0.15, 0.2) is 11.6 Å². The first-order valence-electron chi connectivity index (χ1n) is 7.82. The van der Waals surface area contributed by atoms with Crippen molar-refractivity contribution in [2.24, 2.45) is 0 Å². The van der Waals surface area contributed by atoms with Crippen molar-refractivity contribution in [3.05, 3.63) is 64.9 Å². The lowest BCUT2D eigenvalue weighted by Crippen LogP contribution is -2.08. The highest BCUT2D eigenvalue weighted by atomic mass is 35.5. The van der Waals surface area contributed by atoms with Gasteiger partial charge in [-0.05, 0) is 42.8 Å². The molecule has 1 aromatic heterocycles. The molecule has 3 rings (SSSR count). The fourth-order valence-corrected chi connectivity index (χ4v) is 2.54. The number of hydrogen-bond acceptors (Lipinski definition) is 5. The molecule has 5 nitrogen and oxygen atoms in total. The van der Waals surface area contributed by atoms with E-state index in [1.54, 1.807) is 0 Å². The summed E-state index contributed by atoms with van der Waals surface area (Å²) in [5.74, 6) is 0.461. The lowest BCUT2D eigenvalue weighted by Gasteiger charge is -2.15. The highest BCUT2D eigenvalue weighted by Gasteiger charge is 2.31. The Balaban J connectivity index is 1.91. The number of aryl methyl sites for hydroxylation is 1. The summed E-state index contributed by atoms with van der Waals surface area (Å²) in [7, 11) is 0. The molecule has 1 heterocycles. The summed E-state index contributed by atoms with van der Waals surface area (Å²) in [4.78, 5) is 8.08. The quantitative estimate of drug-likeness (QED) is 0.543. The van der Waals surface area contributed by atoms with E-state index in [1.807, 2.05) is 31.2 Å². The number of rotatable bonds is 4. The molecule has 0 unspecified atom stereocenters. The molecule has 0 fully saturated rings. The molecule has 4 N–H and O–H groups in total. The lowest BCUT2D eigenvalue weighted by atomic mass is 10.2. The fourth-order valence-electron chi connectivity index (χ4n) is 2.38. The Morgan fingerprint density at radius 3 is 2.37 bits per heavy atom. The van der Waals surface area contributed by atoms with Gasteiger partial charge in [-0.25, -0.2) is 9.97 Å². The van der Waals surface area contributed by atoms with Crippen LogP contribution in [0.15, 0.2) is 48.8 Å². The van der Waals surface area contributed by atoms with E-state index in [9.17, 15) is 13.2 Å². The lowest BCUT2D eigenvalue weighted by molar-refractivity contribution is -0.137. The predicted molar refractivity (Wildman–Crippen MR) is 101 cm³/mol. The molecule has 0 atom stereocenters. The first-order valence-corrected chi connectivity index (χ1v) is 8.20. The Kier molecular flexibility index (Phi) is 5.09. The van der Waals surface area contributed by atoms with E-state index in [4.69, 9.17) is 17.3 Å².